The van der Waals surface area contributed by atoms with E-state index in [1.807, 2.05) is 26.8 Å². The molecule has 0 saturated heterocycles. The van der Waals surface area contributed by atoms with Gasteiger partial charge in [0.25, 0.3) is 0 Å². The first-order valence-electron chi connectivity index (χ1n) is 34.9. The topological polar surface area (TPSA) is 50.9 Å². The second-order valence-corrected chi connectivity index (χ2v) is 16.8. The molecular weight excluding hydrogens is 767 g/mol. The summed E-state index contributed by atoms with van der Waals surface area (Å²) in [6, 6.07) is 31.4. The number of fused-ring (bicyclic) bond motifs is 1. The molecule has 0 aliphatic carbocycles. The van der Waals surface area contributed by atoms with Crippen molar-refractivity contribution in [2.75, 3.05) is 0 Å². The average molecular weight is 860 g/mol. The maximum Gasteiger partial charge on any atom is 0.149 e. The number of pyridine rings is 1. The molecule has 0 unspecified atom stereocenters. The summed E-state index contributed by atoms with van der Waals surface area (Å²) in [4.78, 5) is 9.68. The van der Waals surface area contributed by atoms with Gasteiger partial charge in [-0.15, -0.1) is 0 Å². The van der Waals surface area contributed by atoms with Crippen molar-refractivity contribution in [3.63, 3.8) is 0 Å². The van der Waals surface area contributed by atoms with Gasteiger partial charge in [-0.1, -0.05) is 167 Å². The molecule has 4 heteroatoms. The zero-order valence-corrected chi connectivity index (χ0v) is 34.6. The van der Waals surface area contributed by atoms with Crippen molar-refractivity contribution >= 4 is 11.0 Å². The normalized spacial score (nSPS) is 21.6. The third-order valence-corrected chi connectivity index (χ3v) is 11.0. The lowest BCUT2D eigenvalue weighted by Crippen LogP contribution is -2.17. The highest BCUT2D eigenvalue weighted by atomic mass is 16.3. The fourth-order valence-electron chi connectivity index (χ4n) is 7.67. The third-order valence-electron chi connectivity index (χ3n) is 11.0. The molecular formula is C59H63N3O. The van der Waals surface area contributed by atoms with Crippen LogP contribution in [-0.2, 0) is 21.7 Å². The van der Waals surface area contributed by atoms with Crippen LogP contribution in [0, 0.1) is 6.85 Å². The summed E-state index contributed by atoms with van der Waals surface area (Å²) < 4.78 is 259. The summed E-state index contributed by atoms with van der Waals surface area (Å²) in [5.74, 6) is -2.20. The van der Waals surface area contributed by atoms with E-state index in [0.29, 0.717) is 45.1 Å². The molecule has 63 heavy (non-hydrogen) atoms. The van der Waals surface area contributed by atoms with Crippen molar-refractivity contribution in [1.29, 1.82) is 0 Å². The SMILES string of the molecule is [2H]C([2H])([2H])c1cc(-n2c(-c3cc(C(C([2H])([2H])[2H])(C([2H])([2H])[2H])C([2H])([2H])[2H])cc(C(C([2H])([2H])[2H])(C([2H])([2H])[2H])C([2H])([2H])[2H])c3O)nc3c(-c4cc(-c5cc(-c6ccc(C(C([2H])([2H])[2H])(C([2H])([2H])[2H])C([2H])([2H])[2H])cc6)ccn5)cc(C(C)(C)C)c4)cccc32)ccc1-c1ccccc1. The molecule has 0 fully saturated rings. The Bertz CT molecular complexity index is 4000. The fourth-order valence-corrected chi connectivity index (χ4v) is 7.67. The summed E-state index contributed by atoms with van der Waals surface area (Å²) in [6.07, 6.45) is 1.46. The zero-order chi connectivity index (χ0) is 70.2. The number of aromatic nitrogens is 3. The molecule has 1 N–H and O–H groups in total. The first kappa shape index (κ1) is 20.1. The second kappa shape index (κ2) is 15.8. The predicted molar refractivity (Wildman–Crippen MR) is 267 cm³/mol. The van der Waals surface area contributed by atoms with Crippen molar-refractivity contribution < 1.29 is 46.2 Å². The Morgan fingerprint density at radius 2 is 1.21 bits per heavy atom. The Balaban J connectivity index is 1.52. The van der Waals surface area contributed by atoms with E-state index in [2.05, 4.69) is 4.98 Å². The number of nitrogens with zero attached hydrogens (tertiary/aromatic N) is 3. The molecule has 320 valence electrons. The van der Waals surface area contributed by atoms with Gasteiger partial charge < -0.3 is 5.11 Å². The van der Waals surface area contributed by atoms with Gasteiger partial charge in [-0.3, -0.25) is 9.55 Å². The predicted octanol–water partition coefficient (Wildman–Crippen LogP) is 16.0. The van der Waals surface area contributed by atoms with Gasteiger partial charge in [-0.2, -0.15) is 0 Å². The van der Waals surface area contributed by atoms with Crippen LogP contribution in [0.4, 0.5) is 0 Å². The van der Waals surface area contributed by atoms with E-state index in [1.54, 1.807) is 66.7 Å². The lowest BCUT2D eigenvalue weighted by atomic mass is 9.79. The number of aryl methyl sites for hydroxylation is 1. The highest BCUT2D eigenvalue weighted by molar-refractivity contribution is 5.97. The Morgan fingerprint density at radius 1 is 0.508 bits per heavy atom. The van der Waals surface area contributed by atoms with Crippen LogP contribution in [0.5, 0.6) is 5.75 Å². The van der Waals surface area contributed by atoms with Gasteiger partial charge in [0.05, 0.1) is 22.3 Å². The summed E-state index contributed by atoms with van der Waals surface area (Å²) in [5.41, 5.74) is -13.8. The molecule has 0 aliphatic heterocycles. The number of para-hydroxylation sites is 1. The molecule has 4 nitrogen and oxygen atoms in total. The largest absolute Gasteiger partial charge is 0.507 e. The Kier molecular flexibility index (Phi) is 5.04. The number of phenolic OH excluding ortho intramolecular Hbond substituents is 1. The number of phenols is 1. The number of aromatic hydroxyl groups is 1. The minimum atomic E-state index is -4.27. The average Bonchev–Trinajstić information content (AvgIpc) is 1.05. The minimum Gasteiger partial charge on any atom is -0.507 e. The Hall–Kier alpha value is -6.26. The van der Waals surface area contributed by atoms with E-state index in [4.69, 9.17) is 46.1 Å². The Labute approximate surface area is 417 Å². The Morgan fingerprint density at radius 3 is 1.90 bits per heavy atom. The van der Waals surface area contributed by atoms with Crippen molar-refractivity contribution in [1.82, 2.24) is 14.5 Å². The monoisotopic (exact) mass is 860 g/mol. The van der Waals surface area contributed by atoms with E-state index < -0.39 is 124 Å². The highest BCUT2D eigenvalue weighted by Crippen LogP contribution is 2.45. The molecule has 6 aromatic carbocycles. The minimum absolute atomic E-state index is 0.00559. The van der Waals surface area contributed by atoms with E-state index in [0.717, 1.165) is 12.1 Å². The summed E-state index contributed by atoms with van der Waals surface area (Å²) in [5, 5.41) is 13.0. The molecule has 0 atom stereocenters. The number of hydrogen-bond donors (Lipinski definition) is 1. The smallest absolute Gasteiger partial charge is 0.149 e. The second-order valence-electron chi connectivity index (χ2n) is 16.8. The van der Waals surface area contributed by atoms with Gasteiger partial charge >= 0.3 is 0 Å². The number of rotatable bonds is 6. The lowest BCUT2D eigenvalue weighted by molar-refractivity contribution is 0.446. The molecule has 8 aromatic rings. The maximum atomic E-state index is 13.0. The van der Waals surface area contributed by atoms with Gasteiger partial charge in [0.15, 0.2) is 0 Å². The summed E-state index contributed by atoms with van der Waals surface area (Å²) >= 11 is 0. The molecule has 8 rings (SSSR count). The fraction of sp³-hybridized carbons (Fsp3) is 0.288. The van der Waals surface area contributed by atoms with Gasteiger partial charge in [-0.25, -0.2) is 4.98 Å². The van der Waals surface area contributed by atoms with Crippen LogP contribution < -0.4 is 0 Å². The van der Waals surface area contributed by atoms with Crippen LogP contribution in [0.1, 0.15) is 151 Å². The maximum absolute atomic E-state index is 13.0. The van der Waals surface area contributed by atoms with E-state index >= 15 is 0 Å². The third kappa shape index (κ3) is 8.61. The highest BCUT2D eigenvalue weighted by Gasteiger charge is 2.29. The summed E-state index contributed by atoms with van der Waals surface area (Å²) in [7, 11) is 0. The van der Waals surface area contributed by atoms with Crippen molar-refractivity contribution in [3.8, 4) is 67.5 Å². The number of hydrogen-bond acceptors (Lipinski definition) is 3. The molecule has 0 bridgehead atoms. The summed E-state index contributed by atoms with van der Waals surface area (Å²) in [6.45, 7) is -33.0. The van der Waals surface area contributed by atoms with Crippen LogP contribution in [0.3, 0.4) is 0 Å². The van der Waals surface area contributed by atoms with E-state index in [1.165, 1.54) is 47.2 Å². The molecule has 2 heterocycles. The molecule has 0 amide bonds. The van der Waals surface area contributed by atoms with Crippen LogP contribution in [-0.4, -0.2) is 19.6 Å². The van der Waals surface area contributed by atoms with Gasteiger partial charge in [-0.05, 0) is 127 Å². The number of imidazole rings is 1. The standard InChI is InChI=1S/C59H63N3O/c1-37-30-46(26-27-47(37)39-18-15-14-16-19-39)62-52-21-17-20-48(53(52)61-55(62)49-35-45(58(8,9)10)36-50(54(49)63)59(11,12)13)41-31-42(33-44(32-41)57(5,6)7)51-34-40(28-29-60-51)38-22-24-43(25-23-38)56(2,3)4/h14-36,63H,1-13H3/i1D3,2D3,3D3,4D3,8D3,9D3,10D3,11D3,12D3,13D3. The van der Waals surface area contributed by atoms with Crippen molar-refractivity contribution in [2.45, 2.75) is 111 Å². The lowest BCUT2D eigenvalue weighted by Gasteiger charge is -2.27. The molecule has 0 saturated carbocycles. The van der Waals surface area contributed by atoms with E-state index in [9.17, 15) is 5.11 Å². The molecule has 0 radical (unpaired) electrons. The molecule has 0 spiro atoms. The van der Waals surface area contributed by atoms with Gasteiger partial charge in [0.2, 0.25) is 0 Å². The quantitative estimate of drug-likeness (QED) is 0.181. The van der Waals surface area contributed by atoms with Gasteiger partial charge in [0.1, 0.15) is 11.6 Å². The van der Waals surface area contributed by atoms with Crippen molar-refractivity contribution in [3.05, 3.63) is 167 Å². The van der Waals surface area contributed by atoms with E-state index in [-0.39, 0.29) is 39.5 Å². The molecule has 2 aromatic heterocycles. The van der Waals surface area contributed by atoms with Crippen LogP contribution in [0.15, 0.2) is 140 Å². The first-order chi connectivity index (χ1) is 42.0. The first-order valence-corrected chi connectivity index (χ1v) is 19.9. The number of benzene rings is 6. The van der Waals surface area contributed by atoms with Crippen LogP contribution in [0.25, 0.3) is 72.7 Å². The zero-order valence-electron chi connectivity index (χ0n) is 64.6. The van der Waals surface area contributed by atoms with Crippen LogP contribution in [0.2, 0.25) is 0 Å². The molecule has 0 aliphatic rings. The van der Waals surface area contributed by atoms with Gasteiger partial charge in [0, 0.05) is 69.7 Å². The van der Waals surface area contributed by atoms with Crippen molar-refractivity contribution in [2.24, 2.45) is 0 Å². The van der Waals surface area contributed by atoms with Crippen LogP contribution >= 0.6 is 0 Å².